The summed E-state index contributed by atoms with van der Waals surface area (Å²) in [6, 6.07) is 15.0. The molecule has 3 rings (SSSR count). The van der Waals surface area contributed by atoms with Crippen LogP contribution in [-0.2, 0) is 16.4 Å². The second kappa shape index (κ2) is 10.4. The number of hydrogen-bond donors (Lipinski definition) is 2. The number of aromatic nitrogens is 1. The molecule has 0 spiro atoms. The first kappa shape index (κ1) is 22.9. The van der Waals surface area contributed by atoms with Gasteiger partial charge in [-0.2, -0.15) is 0 Å². The number of sulfonamides is 1. The number of aliphatic hydroxyl groups excluding tert-OH is 1. The van der Waals surface area contributed by atoms with E-state index in [2.05, 4.69) is 4.98 Å². The summed E-state index contributed by atoms with van der Waals surface area (Å²) in [5, 5.41) is 15.3. The van der Waals surface area contributed by atoms with E-state index in [1.54, 1.807) is 24.0 Å². The van der Waals surface area contributed by atoms with Crippen LogP contribution in [0.2, 0.25) is 0 Å². The first-order valence-corrected chi connectivity index (χ1v) is 11.7. The van der Waals surface area contributed by atoms with E-state index in [1.165, 1.54) is 6.07 Å². The van der Waals surface area contributed by atoms with Crippen LogP contribution in [0.4, 0.5) is 0 Å². The van der Waals surface area contributed by atoms with Crippen LogP contribution in [0, 0.1) is 0 Å². The van der Waals surface area contributed by atoms with Crippen molar-refractivity contribution in [1.82, 2.24) is 4.98 Å². The van der Waals surface area contributed by atoms with Crippen molar-refractivity contribution in [2.75, 3.05) is 5.75 Å². The lowest BCUT2D eigenvalue weighted by Crippen LogP contribution is -2.11. The van der Waals surface area contributed by atoms with Gasteiger partial charge < -0.3 is 5.11 Å². The largest absolute Gasteiger partial charge is 0.392 e. The fourth-order valence-electron chi connectivity index (χ4n) is 2.50. The lowest BCUT2D eigenvalue weighted by Gasteiger charge is -2.10. The minimum Gasteiger partial charge on any atom is -0.392 e. The number of nitrogens with two attached hydrogens (primary N) is 1. The van der Waals surface area contributed by atoms with Gasteiger partial charge in [0.2, 0.25) is 10.0 Å². The number of rotatable bonds is 8. The Kier molecular flexibility index (Phi) is 8.48. The molecule has 0 radical (unpaired) electrons. The number of hydrogen-bond acceptors (Lipinski definition) is 6. The van der Waals surface area contributed by atoms with Crippen molar-refractivity contribution in [2.45, 2.75) is 28.1 Å². The molecule has 1 aromatic carbocycles. The molecule has 0 aliphatic rings. The van der Waals surface area contributed by atoms with Gasteiger partial charge >= 0.3 is 0 Å². The quantitative estimate of drug-likeness (QED) is 0.500. The number of aliphatic hydroxyl groups is 1. The SMILES string of the molecule is Cl.NS(=O)(=O)c1ccc(-c2ccc(SCC(O)CCc3cccnc3)cc2)s1. The van der Waals surface area contributed by atoms with Gasteiger partial charge in [0.15, 0.2) is 0 Å². The predicted octanol–water partition coefficient (Wildman–Crippen LogP) is 3.97. The summed E-state index contributed by atoms with van der Waals surface area (Å²) >= 11 is 2.76. The Morgan fingerprint density at radius 3 is 2.50 bits per heavy atom. The summed E-state index contributed by atoms with van der Waals surface area (Å²) in [6.45, 7) is 0. The summed E-state index contributed by atoms with van der Waals surface area (Å²) in [5.41, 5.74) is 2.07. The number of halogens is 1. The van der Waals surface area contributed by atoms with Crippen molar-refractivity contribution in [2.24, 2.45) is 5.14 Å². The number of pyridine rings is 1. The molecule has 0 bridgehead atoms. The van der Waals surface area contributed by atoms with Crippen molar-refractivity contribution in [3.8, 4) is 10.4 Å². The lowest BCUT2D eigenvalue weighted by molar-refractivity contribution is 0.189. The highest BCUT2D eigenvalue weighted by Crippen LogP contribution is 2.31. The van der Waals surface area contributed by atoms with E-state index in [0.29, 0.717) is 12.2 Å². The van der Waals surface area contributed by atoms with Crippen LogP contribution in [-0.4, -0.2) is 30.4 Å². The third kappa shape index (κ3) is 6.58. The molecule has 1 atom stereocenters. The van der Waals surface area contributed by atoms with Gasteiger partial charge in [-0.3, -0.25) is 4.98 Å². The van der Waals surface area contributed by atoms with E-state index in [0.717, 1.165) is 38.7 Å². The second-order valence-electron chi connectivity index (χ2n) is 6.05. The molecule has 2 heterocycles. The zero-order valence-corrected chi connectivity index (χ0v) is 18.2. The summed E-state index contributed by atoms with van der Waals surface area (Å²) in [4.78, 5) is 5.99. The lowest BCUT2D eigenvalue weighted by atomic mass is 10.1. The van der Waals surface area contributed by atoms with E-state index >= 15 is 0 Å². The molecule has 0 aliphatic carbocycles. The maximum Gasteiger partial charge on any atom is 0.247 e. The van der Waals surface area contributed by atoms with E-state index in [9.17, 15) is 13.5 Å². The summed E-state index contributed by atoms with van der Waals surface area (Å²) in [6.07, 6.45) is 4.68. The molecule has 3 aromatic rings. The zero-order valence-electron chi connectivity index (χ0n) is 14.9. The third-order valence-electron chi connectivity index (χ3n) is 3.93. The molecule has 150 valence electrons. The Hall–Kier alpha value is -1.42. The standard InChI is InChI=1S/C19H20N2O3S3.ClH/c20-27(23,24)19-10-9-18(26-19)15-4-7-17(8-5-15)25-13-16(22)6-3-14-2-1-11-21-12-14;/h1-2,4-5,7-12,16,22H,3,6,13H2,(H2,20,23,24);1H. The highest BCUT2D eigenvalue weighted by Gasteiger charge is 2.12. The van der Waals surface area contributed by atoms with Crippen molar-refractivity contribution in [3.05, 3.63) is 66.5 Å². The smallest absolute Gasteiger partial charge is 0.247 e. The second-order valence-corrected chi connectivity index (χ2v) is 10.0. The minimum absolute atomic E-state index is 0. The third-order valence-corrected chi connectivity index (χ3v) is 7.66. The molecule has 1 unspecified atom stereocenters. The van der Waals surface area contributed by atoms with Crippen molar-refractivity contribution < 1.29 is 13.5 Å². The van der Waals surface area contributed by atoms with Gasteiger partial charge in [0.25, 0.3) is 0 Å². The molecular formula is C19H21ClN2O3S3. The normalized spacial score (nSPS) is 12.4. The average molecular weight is 457 g/mol. The van der Waals surface area contributed by atoms with Gasteiger partial charge in [-0.15, -0.1) is 35.5 Å². The molecule has 0 saturated carbocycles. The molecule has 9 heteroatoms. The van der Waals surface area contributed by atoms with Crippen LogP contribution in [0.3, 0.4) is 0 Å². The first-order chi connectivity index (χ1) is 12.9. The number of nitrogens with zero attached hydrogens (tertiary/aromatic N) is 1. The topological polar surface area (TPSA) is 93.3 Å². The zero-order chi connectivity index (χ0) is 19.3. The number of benzene rings is 1. The molecule has 0 aliphatic heterocycles. The van der Waals surface area contributed by atoms with Gasteiger partial charge in [0, 0.05) is 27.9 Å². The highest BCUT2D eigenvalue weighted by molar-refractivity contribution is 7.99. The molecule has 0 saturated heterocycles. The molecule has 5 nitrogen and oxygen atoms in total. The van der Waals surface area contributed by atoms with Crippen LogP contribution in [0.1, 0.15) is 12.0 Å². The van der Waals surface area contributed by atoms with E-state index in [-0.39, 0.29) is 22.7 Å². The first-order valence-electron chi connectivity index (χ1n) is 8.34. The van der Waals surface area contributed by atoms with Crippen LogP contribution in [0.25, 0.3) is 10.4 Å². The van der Waals surface area contributed by atoms with E-state index < -0.39 is 10.0 Å². The molecule has 0 fully saturated rings. The fraction of sp³-hybridized carbons (Fsp3) is 0.211. The minimum atomic E-state index is -3.66. The Balaban J connectivity index is 0.00000280. The molecule has 0 amide bonds. The number of primary sulfonamides is 1. The van der Waals surface area contributed by atoms with Gasteiger partial charge in [-0.1, -0.05) is 18.2 Å². The fourth-order valence-corrected chi connectivity index (χ4v) is 5.11. The van der Waals surface area contributed by atoms with Crippen LogP contribution in [0.15, 0.2) is 70.0 Å². The molecule has 3 N–H and O–H groups in total. The van der Waals surface area contributed by atoms with Crippen molar-refractivity contribution in [1.29, 1.82) is 0 Å². The number of thioether (sulfide) groups is 1. The summed E-state index contributed by atoms with van der Waals surface area (Å²) in [5.74, 6) is 0.619. The van der Waals surface area contributed by atoms with Crippen LogP contribution in [0.5, 0.6) is 0 Å². The van der Waals surface area contributed by atoms with Crippen molar-refractivity contribution >= 4 is 45.5 Å². The van der Waals surface area contributed by atoms with E-state index in [1.807, 2.05) is 42.6 Å². The Labute approximate surface area is 179 Å². The number of aryl methyl sites for hydroxylation is 1. The van der Waals surface area contributed by atoms with Gasteiger partial charge in [-0.05, 0) is 54.3 Å². The van der Waals surface area contributed by atoms with Crippen LogP contribution >= 0.6 is 35.5 Å². The summed E-state index contributed by atoms with van der Waals surface area (Å²) in [7, 11) is -3.66. The predicted molar refractivity (Wildman–Crippen MR) is 118 cm³/mol. The average Bonchev–Trinajstić information content (AvgIpc) is 3.17. The molecule has 2 aromatic heterocycles. The van der Waals surface area contributed by atoms with E-state index in [4.69, 9.17) is 5.14 Å². The number of thiophene rings is 1. The Morgan fingerprint density at radius 2 is 1.89 bits per heavy atom. The maximum atomic E-state index is 11.4. The maximum absolute atomic E-state index is 11.4. The van der Waals surface area contributed by atoms with Crippen LogP contribution < -0.4 is 5.14 Å². The highest BCUT2D eigenvalue weighted by atomic mass is 35.5. The molecular weight excluding hydrogens is 436 g/mol. The Bertz CT molecular complexity index is 977. The van der Waals surface area contributed by atoms with Gasteiger partial charge in [-0.25, -0.2) is 13.6 Å². The Morgan fingerprint density at radius 1 is 1.14 bits per heavy atom. The summed E-state index contributed by atoms with van der Waals surface area (Å²) < 4.78 is 22.9. The van der Waals surface area contributed by atoms with Crippen molar-refractivity contribution in [3.63, 3.8) is 0 Å². The van der Waals surface area contributed by atoms with Gasteiger partial charge in [0.1, 0.15) is 4.21 Å². The monoisotopic (exact) mass is 456 g/mol. The molecule has 28 heavy (non-hydrogen) atoms. The van der Waals surface area contributed by atoms with Gasteiger partial charge in [0.05, 0.1) is 6.10 Å².